The number of hydrogen-bond acceptors (Lipinski definition) is 4. The largest absolute Gasteiger partial charge is 0.320 e. The first-order valence-corrected chi connectivity index (χ1v) is 7.46. The maximum absolute atomic E-state index is 11.3. The Hall–Kier alpha value is -1.35. The van der Waals surface area contributed by atoms with Gasteiger partial charge in [0, 0.05) is 18.4 Å². The quantitative estimate of drug-likeness (QED) is 0.784. The van der Waals surface area contributed by atoms with Crippen molar-refractivity contribution in [3.63, 3.8) is 0 Å². The second-order valence-electron chi connectivity index (χ2n) is 4.54. The molecule has 6 heteroatoms. The number of nitriles is 1. The van der Waals surface area contributed by atoms with Crippen LogP contribution in [0.4, 0.5) is 0 Å². The van der Waals surface area contributed by atoms with Gasteiger partial charge >= 0.3 is 0 Å². The molecule has 0 amide bonds. The number of aromatic nitrogens is 2. The fourth-order valence-corrected chi connectivity index (χ4v) is 3.75. The highest BCUT2D eigenvalue weighted by molar-refractivity contribution is 7.91. The molecular formula is C11H15N3O2S. The first-order chi connectivity index (χ1) is 8.02. The highest BCUT2D eigenvalue weighted by Crippen LogP contribution is 2.21. The standard InChI is InChI=1S/C11H15N3O2S/c1-9-7-13-11(6-12)14(9)8-10-2-4-17(15,16)5-3-10/h7,10H,2-5,8H2,1H3. The van der Waals surface area contributed by atoms with Gasteiger partial charge in [0.15, 0.2) is 0 Å². The second-order valence-corrected chi connectivity index (χ2v) is 6.84. The first kappa shape index (κ1) is 12.1. The third kappa shape index (κ3) is 2.67. The molecule has 1 aromatic heterocycles. The Kier molecular flexibility index (Phi) is 3.20. The van der Waals surface area contributed by atoms with Crippen LogP contribution >= 0.6 is 0 Å². The van der Waals surface area contributed by atoms with Crippen LogP contribution in [0.15, 0.2) is 6.20 Å². The summed E-state index contributed by atoms with van der Waals surface area (Å²) in [7, 11) is -2.81. The summed E-state index contributed by atoms with van der Waals surface area (Å²) in [5.74, 6) is 1.29. The Morgan fingerprint density at radius 1 is 1.53 bits per heavy atom. The van der Waals surface area contributed by atoms with Gasteiger partial charge in [0.25, 0.3) is 0 Å². The lowest BCUT2D eigenvalue weighted by Crippen LogP contribution is -2.26. The normalized spacial score (nSPS) is 20.0. The van der Waals surface area contributed by atoms with E-state index in [4.69, 9.17) is 5.26 Å². The van der Waals surface area contributed by atoms with Gasteiger partial charge in [-0.2, -0.15) is 5.26 Å². The Morgan fingerprint density at radius 3 is 2.76 bits per heavy atom. The maximum Gasteiger partial charge on any atom is 0.212 e. The van der Waals surface area contributed by atoms with Crippen LogP contribution in [0.3, 0.4) is 0 Å². The third-order valence-electron chi connectivity index (χ3n) is 3.27. The summed E-state index contributed by atoms with van der Waals surface area (Å²) >= 11 is 0. The van der Waals surface area contributed by atoms with E-state index in [1.54, 1.807) is 6.20 Å². The number of rotatable bonds is 2. The van der Waals surface area contributed by atoms with Crippen molar-refractivity contribution < 1.29 is 8.42 Å². The van der Waals surface area contributed by atoms with Gasteiger partial charge in [-0.15, -0.1) is 0 Å². The molecule has 1 saturated heterocycles. The molecule has 1 aliphatic heterocycles. The van der Waals surface area contributed by atoms with Crippen LogP contribution in [-0.4, -0.2) is 29.5 Å². The molecule has 2 heterocycles. The van der Waals surface area contributed by atoms with Gasteiger partial charge in [-0.3, -0.25) is 0 Å². The molecule has 0 bridgehead atoms. The first-order valence-electron chi connectivity index (χ1n) is 5.64. The molecule has 0 aliphatic carbocycles. The summed E-state index contributed by atoms with van der Waals surface area (Å²) in [4.78, 5) is 4.01. The fourth-order valence-electron chi connectivity index (χ4n) is 2.16. The van der Waals surface area contributed by atoms with Crippen LogP contribution in [0.2, 0.25) is 0 Å². The van der Waals surface area contributed by atoms with Crippen molar-refractivity contribution in [3.05, 3.63) is 17.7 Å². The van der Waals surface area contributed by atoms with Gasteiger partial charge in [-0.25, -0.2) is 13.4 Å². The van der Waals surface area contributed by atoms with E-state index >= 15 is 0 Å². The predicted molar refractivity (Wildman–Crippen MR) is 63.1 cm³/mol. The minimum absolute atomic E-state index is 0.271. The summed E-state index contributed by atoms with van der Waals surface area (Å²) < 4.78 is 24.5. The molecule has 0 unspecified atom stereocenters. The molecule has 1 aliphatic rings. The summed E-state index contributed by atoms with van der Waals surface area (Å²) in [5.41, 5.74) is 0.954. The van der Waals surface area contributed by atoms with E-state index in [0.717, 1.165) is 5.69 Å². The topological polar surface area (TPSA) is 75.8 Å². The summed E-state index contributed by atoms with van der Waals surface area (Å²) in [6, 6.07) is 2.06. The van der Waals surface area contributed by atoms with Gasteiger partial charge in [0.05, 0.1) is 11.5 Å². The van der Waals surface area contributed by atoms with Crippen molar-refractivity contribution in [3.8, 4) is 6.07 Å². The van der Waals surface area contributed by atoms with Crippen molar-refractivity contribution in [1.82, 2.24) is 9.55 Å². The number of sulfone groups is 1. The minimum Gasteiger partial charge on any atom is -0.320 e. The van der Waals surface area contributed by atoms with E-state index in [9.17, 15) is 8.42 Å². The fraction of sp³-hybridized carbons (Fsp3) is 0.636. The Labute approximate surface area is 101 Å². The zero-order valence-electron chi connectivity index (χ0n) is 9.76. The van der Waals surface area contributed by atoms with Crippen molar-refractivity contribution >= 4 is 9.84 Å². The monoisotopic (exact) mass is 253 g/mol. The van der Waals surface area contributed by atoms with Crippen LogP contribution in [-0.2, 0) is 16.4 Å². The molecule has 17 heavy (non-hydrogen) atoms. The minimum atomic E-state index is -2.81. The third-order valence-corrected chi connectivity index (χ3v) is 4.99. The van der Waals surface area contributed by atoms with Gasteiger partial charge in [-0.05, 0) is 25.7 Å². The van der Waals surface area contributed by atoms with Crippen LogP contribution in [0, 0.1) is 24.2 Å². The zero-order chi connectivity index (χ0) is 12.5. The molecule has 1 aromatic rings. The number of aryl methyl sites for hydroxylation is 1. The van der Waals surface area contributed by atoms with Crippen LogP contribution in [0.1, 0.15) is 24.4 Å². The zero-order valence-corrected chi connectivity index (χ0v) is 10.6. The average molecular weight is 253 g/mol. The molecule has 0 radical (unpaired) electrons. The molecule has 0 spiro atoms. The summed E-state index contributed by atoms with van der Waals surface area (Å²) in [5, 5.41) is 8.92. The lowest BCUT2D eigenvalue weighted by molar-refractivity contribution is 0.399. The SMILES string of the molecule is Cc1cnc(C#N)n1CC1CCS(=O)(=O)CC1. The average Bonchev–Trinajstić information content (AvgIpc) is 2.63. The number of imidazole rings is 1. The molecule has 0 atom stereocenters. The highest BCUT2D eigenvalue weighted by Gasteiger charge is 2.24. The van der Waals surface area contributed by atoms with Crippen molar-refractivity contribution in [2.75, 3.05) is 11.5 Å². The lowest BCUT2D eigenvalue weighted by atomic mass is 10.0. The molecule has 1 fully saturated rings. The van der Waals surface area contributed by atoms with Crippen molar-refractivity contribution in [2.45, 2.75) is 26.3 Å². The van der Waals surface area contributed by atoms with Gasteiger partial charge in [0.2, 0.25) is 5.82 Å². The predicted octanol–water partition coefficient (Wildman–Crippen LogP) is 0.888. The molecule has 2 rings (SSSR count). The molecule has 92 valence electrons. The molecule has 5 nitrogen and oxygen atoms in total. The van der Waals surface area contributed by atoms with Crippen molar-refractivity contribution in [1.29, 1.82) is 5.26 Å². The van der Waals surface area contributed by atoms with E-state index in [2.05, 4.69) is 11.1 Å². The van der Waals surface area contributed by atoms with E-state index in [0.29, 0.717) is 31.1 Å². The van der Waals surface area contributed by atoms with Crippen molar-refractivity contribution in [2.24, 2.45) is 5.92 Å². The number of nitrogens with zero attached hydrogens (tertiary/aromatic N) is 3. The molecule has 0 saturated carbocycles. The molecule has 0 N–H and O–H groups in total. The summed E-state index contributed by atoms with van der Waals surface area (Å²) in [6.07, 6.45) is 3.05. The Morgan fingerprint density at radius 2 is 2.18 bits per heavy atom. The summed E-state index contributed by atoms with van der Waals surface area (Å²) in [6.45, 7) is 2.61. The second kappa shape index (κ2) is 4.49. The van der Waals surface area contributed by atoms with Gasteiger partial charge in [0.1, 0.15) is 15.9 Å². The van der Waals surface area contributed by atoms with Crippen LogP contribution in [0.25, 0.3) is 0 Å². The van der Waals surface area contributed by atoms with Gasteiger partial charge < -0.3 is 4.57 Å². The lowest BCUT2D eigenvalue weighted by Gasteiger charge is -2.23. The number of hydrogen-bond donors (Lipinski definition) is 0. The van der Waals surface area contributed by atoms with Crippen LogP contribution in [0.5, 0.6) is 0 Å². The van der Waals surface area contributed by atoms with E-state index in [-0.39, 0.29) is 11.5 Å². The van der Waals surface area contributed by atoms with E-state index in [1.807, 2.05) is 11.5 Å². The Bertz CT molecular complexity index is 540. The maximum atomic E-state index is 11.3. The molecular weight excluding hydrogens is 238 g/mol. The van der Waals surface area contributed by atoms with Crippen LogP contribution < -0.4 is 0 Å². The smallest absolute Gasteiger partial charge is 0.212 e. The Balaban J connectivity index is 2.08. The highest BCUT2D eigenvalue weighted by atomic mass is 32.2. The molecule has 0 aromatic carbocycles. The van der Waals surface area contributed by atoms with Gasteiger partial charge in [-0.1, -0.05) is 0 Å². The van der Waals surface area contributed by atoms with E-state index < -0.39 is 9.84 Å². The van der Waals surface area contributed by atoms with E-state index in [1.165, 1.54) is 0 Å².